The fourth-order valence-electron chi connectivity index (χ4n) is 3.80. The third-order valence-corrected chi connectivity index (χ3v) is 5.41. The summed E-state index contributed by atoms with van der Waals surface area (Å²) in [5.74, 6) is 2.27. The van der Waals surface area contributed by atoms with Crippen LogP contribution in [0.25, 0.3) is 0 Å². The van der Waals surface area contributed by atoms with Crippen LogP contribution < -0.4 is 10.6 Å². The first-order valence-electron chi connectivity index (χ1n) is 9.25. The summed E-state index contributed by atoms with van der Waals surface area (Å²) >= 11 is 0. The molecule has 2 fully saturated rings. The highest BCUT2D eigenvalue weighted by molar-refractivity contribution is 5.76. The van der Waals surface area contributed by atoms with E-state index in [1.165, 1.54) is 12.8 Å². The average Bonchev–Trinajstić information content (AvgIpc) is 2.64. The van der Waals surface area contributed by atoms with E-state index in [-0.39, 0.29) is 0 Å². The molecule has 0 saturated carbocycles. The van der Waals surface area contributed by atoms with Gasteiger partial charge in [-0.3, -0.25) is 4.79 Å². The molecule has 0 aromatic carbocycles. The van der Waals surface area contributed by atoms with E-state index in [0.717, 1.165) is 44.8 Å². The van der Waals surface area contributed by atoms with Crippen molar-refractivity contribution in [2.45, 2.75) is 45.1 Å². The number of likely N-dealkylation sites (tertiary alicyclic amines) is 1. The lowest BCUT2D eigenvalue weighted by molar-refractivity contribution is -0.133. The van der Waals surface area contributed by atoms with Crippen LogP contribution >= 0.6 is 0 Å². The van der Waals surface area contributed by atoms with Crippen molar-refractivity contribution in [1.29, 1.82) is 0 Å². The van der Waals surface area contributed by atoms with Gasteiger partial charge < -0.3 is 15.5 Å². The highest BCUT2D eigenvalue weighted by Crippen LogP contribution is 2.24. The van der Waals surface area contributed by atoms with Crippen LogP contribution in [0.15, 0.2) is 18.3 Å². The normalized spacial score (nSPS) is 23.7. The molecule has 2 saturated heterocycles. The minimum atomic E-state index is 0.325. The number of hydrogen-bond donors (Lipinski definition) is 2. The van der Waals surface area contributed by atoms with Crippen LogP contribution in [0.3, 0.4) is 0 Å². The Morgan fingerprint density at radius 3 is 2.92 bits per heavy atom. The van der Waals surface area contributed by atoms with Crippen LogP contribution in [-0.2, 0) is 4.79 Å². The van der Waals surface area contributed by atoms with Crippen LogP contribution in [0.4, 0.5) is 5.82 Å². The first-order chi connectivity index (χ1) is 11.7. The lowest BCUT2D eigenvalue weighted by Gasteiger charge is -2.34. The Balaban J connectivity index is 1.41. The Kier molecular flexibility index (Phi) is 6.01. The van der Waals surface area contributed by atoms with E-state index in [4.69, 9.17) is 0 Å². The number of carbonyl (C=O) groups is 1. The molecule has 1 aromatic rings. The lowest BCUT2D eigenvalue weighted by atomic mass is 9.85. The Morgan fingerprint density at radius 1 is 1.42 bits per heavy atom. The minimum Gasteiger partial charge on any atom is -0.366 e. The molecule has 6 heteroatoms. The van der Waals surface area contributed by atoms with Crippen LogP contribution in [0.1, 0.15) is 39.0 Å². The Labute approximate surface area is 144 Å². The van der Waals surface area contributed by atoms with E-state index < -0.39 is 0 Å². The van der Waals surface area contributed by atoms with E-state index in [1.54, 1.807) is 6.20 Å². The van der Waals surface area contributed by atoms with Crippen LogP contribution in [0.5, 0.6) is 0 Å². The van der Waals surface area contributed by atoms with Gasteiger partial charge in [0.15, 0.2) is 0 Å². The molecule has 1 aromatic heterocycles. The molecule has 24 heavy (non-hydrogen) atoms. The van der Waals surface area contributed by atoms with Gasteiger partial charge >= 0.3 is 0 Å². The van der Waals surface area contributed by atoms with Gasteiger partial charge in [0.25, 0.3) is 0 Å². The van der Waals surface area contributed by atoms with Gasteiger partial charge in [-0.1, -0.05) is 6.92 Å². The Bertz CT molecular complexity index is 509. The zero-order valence-electron chi connectivity index (χ0n) is 14.6. The minimum absolute atomic E-state index is 0.325. The average molecular weight is 331 g/mol. The number of nitrogens with zero attached hydrogens (tertiary/aromatic N) is 3. The number of hydrogen-bond acceptors (Lipinski definition) is 5. The van der Waals surface area contributed by atoms with Gasteiger partial charge in [-0.2, -0.15) is 5.10 Å². The van der Waals surface area contributed by atoms with E-state index in [2.05, 4.69) is 27.8 Å². The van der Waals surface area contributed by atoms with Crippen LogP contribution in [0, 0.1) is 11.8 Å². The molecule has 2 N–H and O–H groups in total. The lowest BCUT2D eigenvalue weighted by Crippen LogP contribution is -2.43. The maximum Gasteiger partial charge on any atom is 0.222 e. The highest BCUT2D eigenvalue weighted by Gasteiger charge is 2.27. The number of rotatable bonds is 5. The van der Waals surface area contributed by atoms with Crippen molar-refractivity contribution in [3.8, 4) is 0 Å². The molecule has 0 bridgehead atoms. The summed E-state index contributed by atoms with van der Waals surface area (Å²) in [6.45, 7) is 6.11. The smallest absolute Gasteiger partial charge is 0.222 e. The maximum atomic E-state index is 12.6. The standard InChI is InChI=1S/C18H29N5O/c1-14(15-4-2-8-19-13-15)12-18(24)23-10-6-16(7-11-23)21-17-5-3-9-20-22-17/h3,5,9,14-16,19H,2,4,6-8,10-13H2,1H3,(H,21,22). The summed E-state index contributed by atoms with van der Waals surface area (Å²) in [7, 11) is 0. The molecule has 3 rings (SSSR count). The van der Waals surface area contributed by atoms with Gasteiger partial charge in [-0.25, -0.2) is 0 Å². The van der Waals surface area contributed by atoms with Crippen molar-refractivity contribution in [3.63, 3.8) is 0 Å². The van der Waals surface area contributed by atoms with Crippen molar-refractivity contribution in [2.75, 3.05) is 31.5 Å². The van der Waals surface area contributed by atoms with Gasteiger partial charge in [0.1, 0.15) is 5.82 Å². The summed E-state index contributed by atoms with van der Waals surface area (Å²) in [5.41, 5.74) is 0. The quantitative estimate of drug-likeness (QED) is 0.862. The number of carbonyl (C=O) groups excluding carboxylic acids is 1. The molecule has 0 aliphatic carbocycles. The maximum absolute atomic E-state index is 12.6. The third kappa shape index (κ3) is 4.66. The second-order valence-electron chi connectivity index (χ2n) is 7.20. The predicted octanol–water partition coefficient (Wildman–Crippen LogP) is 1.91. The van der Waals surface area contributed by atoms with Gasteiger partial charge in [0, 0.05) is 31.7 Å². The number of nitrogens with one attached hydrogen (secondary N) is 2. The fraction of sp³-hybridized carbons (Fsp3) is 0.722. The van der Waals surface area contributed by atoms with Crippen molar-refractivity contribution < 1.29 is 4.79 Å². The molecule has 132 valence electrons. The largest absolute Gasteiger partial charge is 0.366 e. The molecule has 2 atom stereocenters. The van der Waals surface area contributed by atoms with E-state index in [1.807, 2.05) is 17.0 Å². The van der Waals surface area contributed by atoms with Crippen molar-refractivity contribution in [1.82, 2.24) is 20.4 Å². The van der Waals surface area contributed by atoms with E-state index >= 15 is 0 Å². The second kappa shape index (κ2) is 8.42. The number of aromatic nitrogens is 2. The predicted molar refractivity (Wildman–Crippen MR) is 94.6 cm³/mol. The topological polar surface area (TPSA) is 70.2 Å². The second-order valence-corrected chi connectivity index (χ2v) is 7.20. The number of piperidine rings is 2. The van der Waals surface area contributed by atoms with Crippen molar-refractivity contribution >= 4 is 11.7 Å². The summed E-state index contributed by atoms with van der Waals surface area (Å²) in [6.07, 6.45) is 6.81. The molecule has 1 amide bonds. The zero-order valence-corrected chi connectivity index (χ0v) is 14.6. The molecule has 2 unspecified atom stereocenters. The highest BCUT2D eigenvalue weighted by atomic mass is 16.2. The first-order valence-corrected chi connectivity index (χ1v) is 9.25. The number of amides is 1. The van der Waals surface area contributed by atoms with Crippen LogP contribution in [-0.4, -0.2) is 53.2 Å². The van der Waals surface area contributed by atoms with Gasteiger partial charge in [0.2, 0.25) is 5.91 Å². The summed E-state index contributed by atoms with van der Waals surface area (Å²) in [6, 6.07) is 4.20. The molecular weight excluding hydrogens is 302 g/mol. The SMILES string of the molecule is CC(CC(=O)N1CCC(Nc2cccnn2)CC1)C1CCCNC1. The van der Waals surface area contributed by atoms with Gasteiger partial charge in [0.05, 0.1) is 0 Å². The molecule has 6 nitrogen and oxygen atoms in total. The molecule has 2 aliphatic rings. The van der Waals surface area contributed by atoms with Crippen molar-refractivity contribution in [2.24, 2.45) is 11.8 Å². The van der Waals surface area contributed by atoms with E-state index in [9.17, 15) is 4.79 Å². The van der Waals surface area contributed by atoms with Crippen molar-refractivity contribution in [3.05, 3.63) is 18.3 Å². The van der Waals surface area contributed by atoms with Crippen LogP contribution in [0.2, 0.25) is 0 Å². The summed E-state index contributed by atoms with van der Waals surface area (Å²) in [5, 5.41) is 14.8. The molecule has 0 spiro atoms. The fourth-order valence-corrected chi connectivity index (χ4v) is 3.80. The monoisotopic (exact) mass is 331 g/mol. The number of anilines is 1. The molecule has 2 aliphatic heterocycles. The summed E-state index contributed by atoms with van der Waals surface area (Å²) < 4.78 is 0. The molecule has 3 heterocycles. The molecule has 0 radical (unpaired) electrons. The zero-order chi connectivity index (χ0) is 16.8. The Morgan fingerprint density at radius 2 is 2.25 bits per heavy atom. The summed E-state index contributed by atoms with van der Waals surface area (Å²) in [4.78, 5) is 14.6. The van der Waals surface area contributed by atoms with E-state index in [0.29, 0.717) is 30.2 Å². The molecular formula is C18H29N5O. The first kappa shape index (κ1) is 17.1. The van der Waals surface area contributed by atoms with Gasteiger partial charge in [-0.15, -0.1) is 5.10 Å². The third-order valence-electron chi connectivity index (χ3n) is 5.41. The van der Waals surface area contributed by atoms with Gasteiger partial charge in [-0.05, 0) is 62.7 Å². The Hall–Kier alpha value is -1.69.